The maximum Gasteiger partial charge on any atom is 0.224 e. The van der Waals surface area contributed by atoms with Gasteiger partial charge in [0.15, 0.2) is 0 Å². The zero-order chi connectivity index (χ0) is 13.7. The van der Waals surface area contributed by atoms with E-state index in [1.807, 2.05) is 11.1 Å². The van der Waals surface area contributed by atoms with Crippen LogP contribution in [0, 0.1) is 0 Å². The van der Waals surface area contributed by atoms with Crippen LogP contribution in [0.5, 0.6) is 0 Å². The van der Waals surface area contributed by atoms with Gasteiger partial charge in [0, 0.05) is 39.1 Å². The quantitative estimate of drug-likeness (QED) is 0.850. The highest BCUT2D eigenvalue weighted by Crippen LogP contribution is 2.22. The predicted molar refractivity (Wildman–Crippen MR) is 71.6 cm³/mol. The van der Waals surface area contributed by atoms with Crippen molar-refractivity contribution in [2.75, 3.05) is 39.9 Å². The third-order valence-electron chi connectivity index (χ3n) is 3.61. The number of hydrogen-bond acceptors (Lipinski definition) is 4. The third kappa shape index (κ3) is 3.33. The highest BCUT2D eigenvalue weighted by molar-refractivity contribution is 5.76. The largest absolute Gasteiger partial charge is 0.384 e. The molecule has 0 aromatic carbocycles. The Bertz CT molecular complexity index is 393. The average molecular weight is 266 g/mol. The molecule has 2 heterocycles. The number of carbonyl (C=O) groups excluding carboxylic acids is 1. The lowest BCUT2D eigenvalue weighted by Crippen LogP contribution is -2.50. The molecule has 0 aliphatic carbocycles. The summed E-state index contributed by atoms with van der Waals surface area (Å²) in [6.45, 7) is 5.96. The molecule has 1 N–H and O–H groups in total. The van der Waals surface area contributed by atoms with E-state index >= 15 is 0 Å². The predicted octanol–water partition coefficient (Wildman–Crippen LogP) is 0.651. The normalized spacial score (nSPS) is 20.7. The van der Waals surface area contributed by atoms with E-state index in [9.17, 15) is 4.79 Å². The summed E-state index contributed by atoms with van der Waals surface area (Å²) < 4.78 is 4.97. The van der Waals surface area contributed by atoms with E-state index in [2.05, 4.69) is 21.8 Å². The lowest BCUT2D eigenvalue weighted by atomic mass is 10.1. The Kier molecular flexibility index (Phi) is 4.93. The minimum absolute atomic E-state index is 0.161. The Morgan fingerprint density at radius 1 is 1.58 bits per heavy atom. The van der Waals surface area contributed by atoms with Crippen molar-refractivity contribution in [3.63, 3.8) is 0 Å². The summed E-state index contributed by atoms with van der Waals surface area (Å²) >= 11 is 0. The summed E-state index contributed by atoms with van der Waals surface area (Å²) in [6, 6.07) is 0.167. The molecule has 1 aliphatic rings. The number of rotatable bonds is 5. The van der Waals surface area contributed by atoms with E-state index in [4.69, 9.17) is 4.74 Å². The topological polar surface area (TPSA) is 61.5 Å². The van der Waals surface area contributed by atoms with Gasteiger partial charge in [0.1, 0.15) is 5.82 Å². The van der Waals surface area contributed by atoms with E-state index in [-0.39, 0.29) is 11.9 Å². The lowest BCUT2D eigenvalue weighted by molar-refractivity contribution is -0.135. The van der Waals surface area contributed by atoms with Gasteiger partial charge >= 0.3 is 0 Å². The SMILES string of the molecule is CCN1CCN(C(=O)CCOC)CC1c1ncc[nH]1. The average Bonchev–Trinajstić information content (AvgIpc) is 2.98. The summed E-state index contributed by atoms with van der Waals surface area (Å²) in [7, 11) is 1.62. The van der Waals surface area contributed by atoms with Gasteiger partial charge in [-0.05, 0) is 6.54 Å². The minimum atomic E-state index is 0.161. The first kappa shape index (κ1) is 14.0. The molecule has 1 fully saturated rings. The van der Waals surface area contributed by atoms with Crippen LogP contribution in [0.25, 0.3) is 0 Å². The Balaban J connectivity index is 2.01. The van der Waals surface area contributed by atoms with Gasteiger partial charge in [-0.25, -0.2) is 4.98 Å². The van der Waals surface area contributed by atoms with Crippen molar-refractivity contribution in [1.82, 2.24) is 19.8 Å². The number of piperazine rings is 1. The molecule has 6 heteroatoms. The van der Waals surface area contributed by atoms with Crippen molar-refractivity contribution >= 4 is 5.91 Å². The Morgan fingerprint density at radius 2 is 2.42 bits per heavy atom. The maximum atomic E-state index is 12.1. The van der Waals surface area contributed by atoms with Crippen molar-refractivity contribution in [2.24, 2.45) is 0 Å². The van der Waals surface area contributed by atoms with Gasteiger partial charge in [-0.15, -0.1) is 0 Å². The van der Waals surface area contributed by atoms with Gasteiger partial charge in [0.2, 0.25) is 5.91 Å². The third-order valence-corrected chi connectivity index (χ3v) is 3.61. The molecule has 6 nitrogen and oxygen atoms in total. The number of imidazole rings is 1. The van der Waals surface area contributed by atoms with Crippen molar-refractivity contribution in [2.45, 2.75) is 19.4 Å². The summed E-state index contributed by atoms with van der Waals surface area (Å²) in [6.07, 6.45) is 4.04. The first-order chi connectivity index (χ1) is 9.26. The molecule has 2 rings (SSSR count). The summed E-state index contributed by atoms with van der Waals surface area (Å²) in [5, 5.41) is 0. The molecule has 1 aliphatic heterocycles. The van der Waals surface area contributed by atoms with Gasteiger partial charge in [0.05, 0.1) is 19.1 Å². The number of methoxy groups -OCH3 is 1. The fraction of sp³-hybridized carbons (Fsp3) is 0.692. The second-order valence-corrected chi connectivity index (χ2v) is 4.70. The van der Waals surface area contributed by atoms with E-state index in [1.54, 1.807) is 13.3 Å². The zero-order valence-corrected chi connectivity index (χ0v) is 11.6. The van der Waals surface area contributed by atoms with Gasteiger partial charge in [-0.1, -0.05) is 6.92 Å². The Morgan fingerprint density at radius 3 is 3.05 bits per heavy atom. The van der Waals surface area contributed by atoms with Crippen LogP contribution in [-0.2, 0) is 9.53 Å². The molecule has 0 bridgehead atoms. The molecule has 1 aromatic rings. The van der Waals surface area contributed by atoms with E-state index in [0.29, 0.717) is 19.6 Å². The van der Waals surface area contributed by atoms with Crippen molar-refractivity contribution in [3.05, 3.63) is 18.2 Å². The van der Waals surface area contributed by atoms with E-state index in [1.165, 1.54) is 0 Å². The van der Waals surface area contributed by atoms with Gasteiger partial charge in [0.25, 0.3) is 0 Å². The standard InChI is InChI=1S/C13H22N4O2/c1-3-16-7-8-17(12(18)4-9-19-2)10-11(16)13-14-5-6-15-13/h5-6,11H,3-4,7-10H2,1-2H3,(H,14,15). The highest BCUT2D eigenvalue weighted by Gasteiger charge is 2.30. The molecule has 0 saturated carbocycles. The van der Waals surface area contributed by atoms with E-state index < -0.39 is 0 Å². The van der Waals surface area contributed by atoms with Gasteiger partial charge in [-0.2, -0.15) is 0 Å². The summed E-state index contributed by atoms with van der Waals surface area (Å²) in [5.74, 6) is 1.10. The van der Waals surface area contributed by atoms with Gasteiger partial charge < -0.3 is 14.6 Å². The molecule has 0 spiro atoms. The number of H-pyrrole nitrogens is 1. The molecule has 1 unspecified atom stereocenters. The zero-order valence-electron chi connectivity index (χ0n) is 11.6. The molecule has 1 atom stereocenters. The van der Waals surface area contributed by atoms with Crippen LogP contribution in [-0.4, -0.2) is 65.6 Å². The number of nitrogens with one attached hydrogen (secondary N) is 1. The van der Waals surface area contributed by atoms with Crippen LogP contribution < -0.4 is 0 Å². The number of aromatic amines is 1. The fourth-order valence-corrected chi connectivity index (χ4v) is 2.49. The van der Waals surface area contributed by atoms with Crippen LogP contribution in [0.2, 0.25) is 0 Å². The van der Waals surface area contributed by atoms with Crippen LogP contribution >= 0.6 is 0 Å². The van der Waals surface area contributed by atoms with Crippen LogP contribution in [0.4, 0.5) is 0 Å². The molecule has 1 saturated heterocycles. The number of carbonyl (C=O) groups is 1. The number of amides is 1. The monoisotopic (exact) mass is 266 g/mol. The summed E-state index contributed by atoms with van der Waals surface area (Å²) in [4.78, 5) is 23.8. The molecular weight excluding hydrogens is 244 g/mol. The molecule has 0 radical (unpaired) electrons. The highest BCUT2D eigenvalue weighted by atomic mass is 16.5. The Labute approximate surface area is 113 Å². The fourth-order valence-electron chi connectivity index (χ4n) is 2.49. The van der Waals surface area contributed by atoms with Crippen molar-refractivity contribution in [1.29, 1.82) is 0 Å². The summed E-state index contributed by atoms with van der Waals surface area (Å²) in [5.41, 5.74) is 0. The first-order valence-corrected chi connectivity index (χ1v) is 6.76. The van der Waals surface area contributed by atoms with Gasteiger partial charge in [-0.3, -0.25) is 9.69 Å². The van der Waals surface area contributed by atoms with Crippen LogP contribution in [0.15, 0.2) is 12.4 Å². The van der Waals surface area contributed by atoms with Crippen molar-refractivity contribution < 1.29 is 9.53 Å². The lowest BCUT2D eigenvalue weighted by Gasteiger charge is -2.40. The molecule has 1 aromatic heterocycles. The second kappa shape index (κ2) is 6.68. The van der Waals surface area contributed by atoms with Crippen molar-refractivity contribution in [3.8, 4) is 0 Å². The van der Waals surface area contributed by atoms with Crippen LogP contribution in [0.1, 0.15) is 25.2 Å². The molecule has 1 amide bonds. The minimum Gasteiger partial charge on any atom is -0.384 e. The molecule has 106 valence electrons. The second-order valence-electron chi connectivity index (χ2n) is 4.70. The van der Waals surface area contributed by atoms with E-state index in [0.717, 1.165) is 25.5 Å². The maximum absolute atomic E-state index is 12.1. The number of aromatic nitrogens is 2. The Hall–Kier alpha value is -1.40. The smallest absolute Gasteiger partial charge is 0.224 e. The number of ether oxygens (including phenoxy) is 1. The number of likely N-dealkylation sites (N-methyl/N-ethyl adjacent to an activating group) is 1. The number of nitrogens with zero attached hydrogens (tertiary/aromatic N) is 3. The number of hydrogen-bond donors (Lipinski definition) is 1. The molecular formula is C13H22N4O2. The molecule has 19 heavy (non-hydrogen) atoms. The van der Waals surface area contributed by atoms with Crippen LogP contribution in [0.3, 0.4) is 0 Å². The first-order valence-electron chi connectivity index (χ1n) is 6.76.